The lowest BCUT2D eigenvalue weighted by atomic mass is 10.2. The van der Waals surface area contributed by atoms with Gasteiger partial charge in [0.15, 0.2) is 0 Å². The molecule has 1 heterocycles. The van der Waals surface area contributed by atoms with E-state index in [1.807, 2.05) is 13.8 Å². The topological polar surface area (TPSA) is 47.3 Å². The van der Waals surface area contributed by atoms with E-state index in [1.54, 1.807) is 22.9 Å². The van der Waals surface area contributed by atoms with E-state index >= 15 is 0 Å². The van der Waals surface area contributed by atoms with Gasteiger partial charge in [-0.1, -0.05) is 29.3 Å². The predicted octanol–water partition coefficient (Wildman–Crippen LogP) is 3.59. The van der Waals surface area contributed by atoms with Crippen molar-refractivity contribution in [2.75, 3.05) is 0 Å². The molecule has 6 heteroatoms. The highest BCUT2D eigenvalue weighted by molar-refractivity contribution is 6.32. The highest BCUT2D eigenvalue weighted by Crippen LogP contribution is 2.28. The lowest BCUT2D eigenvalue weighted by molar-refractivity contribution is 0.255. The zero-order valence-corrected chi connectivity index (χ0v) is 12.9. The van der Waals surface area contributed by atoms with Crippen LogP contribution in [0, 0.1) is 6.92 Å². The van der Waals surface area contributed by atoms with Gasteiger partial charge in [-0.3, -0.25) is 4.68 Å². The predicted molar refractivity (Wildman–Crippen MR) is 79.4 cm³/mol. The van der Waals surface area contributed by atoms with Gasteiger partial charge in [-0.2, -0.15) is 5.10 Å². The number of aliphatic hydroxyl groups is 1. The number of hydrogen-bond donors (Lipinski definition) is 1. The van der Waals surface area contributed by atoms with E-state index in [9.17, 15) is 5.11 Å². The van der Waals surface area contributed by atoms with Crippen LogP contribution in [-0.2, 0) is 19.8 Å². The number of halogens is 2. The van der Waals surface area contributed by atoms with Crippen LogP contribution in [0.1, 0.15) is 23.9 Å². The van der Waals surface area contributed by atoms with Gasteiger partial charge in [0.25, 0.3) is 0 Å². The third-order valence-corrected chi connectivity index (χ3v) is 3.90. The second kappa shape index (κ2) is 6.48. The van der Waals surface area contributed by atoms with E-state index in [1.165, 1.54) is 0 Å². The van der Waals surface area contributed by atoms with E-state index in [2.05, 4.69) is 5.10 Å². The van der Waals surface area contributed by atoms with Crippen molar-refractivity contribution in [3.63, 3.8) is 0 Å². The van der Waals surface area contributed by atoms with Crippen molar-refractivity contribution in [3.8, 4) is 5.75 Å². The summed E-state index contributed by atoms with van der Waals surface area (Å²) in [6.07, 6.45) is 0. The van der Waals surface area contributed by atoms with E-state index in [-0.39, 0.29) is 13.2 Å². The Bertz CT molecular complexity index is 611. The fourth-order valence-electron chi connectivity index (χ4n) is 1.98. The molecule has 2 rings (SSSR count). The van der Waals surface area contributed by atoms with Crippen molar-refractivity contribution < 1.29 is 9.84 Å². The monoisotopic (exact) mass is 314 g/mol. The Kier molecular flexibility index (Phi) is 4.91. The molecule has 0 radical (unpaired) electrons. The molecule has 0 amide bonds. The maximum absolute atomic E-state index is 9.35. The highest BCUT2D eigenvalue weighted by atomic mass is 35.5. The number of aliphatic hydroxyl groups excluding tert-OH is 1. The van der Waals surface area contributed by atoms with Crippen LogP contribution in [-0.4, -0.2) is 14.9 Å². The number of hydrogen-bond acceptors (Lipinski definition) is 3. The Morgan fingerprint density at radius 2 is 2.10 bits per heavy atom. The molecule has 0 aliphatic heterocycles. The summed E-state index contributed by atoms with van der Waals surface area (Å²) in [5, 5.41) is 14.8. The Morgan fingerprint density at radius 3 is 2.75 bits per heavy atom. The molecule has 0 saturated heterocycles. The van der Waals surface area contributed by atoms with Crippen LogP contribution in [0.4, 0.5) is 0 Å². The largest absolute Gasteiger partial charge is 0.487 e. The first kappa shape index (κ1) is 15.2. The molecule has 1 aromatic heterocycles. The van der Waals surface area contributed by atoms with Gasteiger partial charge < -0.3 is 9.84 Å². The van der Waals surface area contributed by atoms with Crippen LogP contribution in [0.3, 0.4) is 0 Å². The van der Waals surface area contributed by atoms with Crippen LogP contribution in [0.25, 0.3) is 0 Å². The average molecular weight is 315 g/mol. The van der Waals surface area contributed by atoms with Crippen molar-refractivity contribution in [1.29, 1.82) is 0 Å². The van der Waals surface area contributed by atoms with Crippen LogP contribution in [0.2, 0.25) is 10.0 Å². The van der Waals surface area contributed by atoms with E-state index in [0.29, 0.717) is 27.9 Å². The first-order valence-corrected chi connectivity index (χ1v) is 7.06. The van der Waals surface area contributed by atoms with Crippen LogP contribution in [0.15, 0.2) is 18.2 Å². The molecule has 108 valence electrons. The van der Waals surface area contributed by atoms with Crippen molar-refractivity contribution in [2.24, 2.45) is 0 Å². The zero-order valence-electron chi connectivity index (χ0n) is 11.4. The maximum atomic E-state index is 9.35. The second-order valence-electron chi connectivity index (χ2n) is 4.33. The summed E-state index contributed by atoms with van der Waals surface area (Å²) >= 11 is 12.2. The fourth-order valence-corrected chi connectivity index (χ4v) is 2.40. The summed E-state index contributed by atoms with van der Waals surface area (Å²) in [7, 11) is 0. The molecule has 20 heavy (non-hydrogen) atoms. The quantitative estimate of drug-likeness (QED) is 0.917. The molecule has 1 aromatic carbocycles. The number of ether oxygens (including phenoxy) is 1. The summed E-state index contributed by atoms with van der Waals surface area (Å²) in [4.78, 5) is 0. The lowest BCUT2D eigenvalue weighted by Crippen LogP contribution is -2.07. The number of aryl methyl sites for hydroxylation is 2. The third-order valence-electron chi connectivity index (χ3n) is 3.05. The third kappa shape index (κ3) is 2.92. The Morgan fingerprint density at radius 1 is 1.35 bits per heavy atom. The number of benzene rings is 1. The standard InChI is InChI=1S/C14H16Cl2N2O2/c1-3-18-12(14(16)9(2)17-18)8-20-13-6-4-5-11(15)10(13)7-19/h4-6,19H,3,7-8H2,1-2H3. The highest BCUT2D eigenvalue weighted by Gasteiger charge is 2.14. The van der Waals surface area contributed by atoms with Crippen LogP contribution < -0.4 is 4.74 Å². The smallest absolute Gasteiger partial charge is 0.131 e. The molecule has 0 atom stereocenters. The minimum Gasteiger partial charge on any atom is -0.487 e. The maximum Gasteiger partial charge on any atom is 0.131 e. The summed E-state index contributed by atoms with van der Waals surface area (Å²) in [6, 6.07) is 5.26. The molecule has 0 aliphatic rings. The lowest BCUT2D eigenvalue weighted by Gasteiger charge is -2.12. The molecule has 0 bridgehead atoms. The number of nitrogens with zero attached hydrogens (tertiary/aromatic N) is 2. The van der Waals surface area contributed by atoms with Gasteiger partial charge >= 0.3 is 0 Å². The minimum absolute atomic E-state index is 0.172. The Balaban J connectivity index is 2.23. The van der Waals surface area contributed by atoms with Gasteiger partial charge in [0.1, 0.15) is 12.4 Å². The number of aromatic nitrogens is 2. The summed E-state index contributed by atoms with van der Waals surface area (Å²) in [5.74, 6) is 0.553. The summed E-state index contributed by atoms with van der Waals surface area (Å²) in [6.45, 7) is 4.67. The second-order valence-corrected chi connectivity index (χ2v) is 5.11. The molecule has 0 saturated carbocycles. The van der Waals surface area contributed by atoms with Crippen LogP contribution >= 0.6 is 23.2 Å². The Hall–Kier alpha value is -1.23. The van der Waals surface area contributed by atoms with Crippen LogP contribution in [0.5, 0.6) is 5.75 Å². The molecule has 0 unspecified atom stereocenters. The minimum atomic E-state index is -0.172. The van der Waals surface area contributed by atoms with E-state index in [4.69, 9.17) is 27.9 Å². The first-order valence-electron chi connectivity index (χ1n) is 6.31. The van der Waals surface area contributed by atoms with Gasteiger partial charge in [-0.25, -0.2) is 0 Å². The molecule has 0 aliphatic carbocycles. The van der Waals surface area contributed by atoms with Gasteiger partial charge in [0.05, 0.1) is 23.0 Å². The molecule has 0 fully saturated rings. The van der Waals surface area contributed by atoms with E-state index in [0.717, 1.165) is 11.4 Å². The Labute approximate surface area is 127 Å². The molecule has 1 N–H and O–H groups in total. The molecule has 0 spiro atoms. The summed E-state index contributed by atoms with van der Waals surface area (Å²) in [5.41, 5.74) is 2.17. The SMILES string of the molecule is CCn1nc(C)c(Cl)c1COc1cccc(Cl)c1CO. The molecule has 4 nitrogen and oxygen atoms in total. The van der Waals surface area contributed by atoms with Crippen molar-refractivity contribution >= 4 is 23.2 Å². The molecule has 2 aromatic rings. The fraction of sp³-hybridized carbons (Fsp3) is 0.357. The summed E-state index contributed by atoms with van der Waals surface area (Å²) < 4.78 is 7.55. The normalized spacial score (nSPS) is 10.8. The van der Waals surface area contributed by atoms with E-state index < -0.39 is 0 Å². The zero-order chi connectivity index (χ0) is 14.7. The van der Waals surface area contributed by atoms with Gasteiger partial charge in [-0.05, 0) is 26.0 Å². The van der Waals surface area contributed by atoms with Gasteiger partial charge in [0, 0.05) is 17.1 Å². The van der Waals surface area contributed by atoms with Gasteiger partial charge in [-0.15, -0.1) is 0 Å². The molecular formula is C14H16Cl2N2O2. The van der Waals surface area contributed by atoms with Crippen molar-refractivity contribution in [1.82, 2.24) is 9.78 Å². The average Bonchev–Trinajstić information content (AvgIpc) is 2.72. The van der Waals surface area contributed by atoms with Crippen molar-refractivity contribution in [2.45, 2.75) is 33.6 Å². The number of rotatable bonds is 5. The van der Waals surface area contributed by atoms with Crippen molar-refractivity contribution in [3.05, 3.63) is 45.2 Å². The first-order chi connectivity index (χ1) is 9.58. The van der Waals surface area contributed by atoms with Gasteiger partial charge in [0.2, 0.25) is 0 Å². The molecular weight excluding hydrogens is 299 g/mol.